The molecule has 0 bridgehead atoms. The fourth-order valence-corrected chi connectivity index (χ4v) is 2.37. The summed E-state index contributed by atoms with van der Waals surface area (Å²) < 4.78 is 11.9. The zero-order valence-corrected chi connectivity index (χ0v) is 14.3. The monoisotopic (exact) mass is 310 g/mol. The van der Waals surface area contributed by atoms with Gasteiger partial charge in [0.25, 0.3) is 0 Å². The highest BCUT2D eigenvalue weighted by Gasteiger charge is 2.20. The summed E-state index contributed by atoms with van der Waals surface area (Å²) in [6.07, 6.45) is 4.40. The van der Waals surface area contributed by atoms with Crippen LogP contribution in [0.5, 0.6) is 0 Å². The van der Waals surface area contributed by atoms with Gasteiger partial charge in [0.15, 0.2) is 0 Å². The van der Waals surface area contributed by atoms with E-state index >= 15 is 0 Å². The average molecular weight is 310 g/mol. The van der Waals surface area contributed by atoms with E-state index in [1.54, 1.807) is 0 Å². The van der Waals surface area contributed by atoms with Crippen molar-refractivity contribution in [2.45, 2.75) is 39.5 Å². The second-order valence-corrected chi connectivity index (χ2v) is 5.77. The first-order chi connectivity index (χ1) is 11.3. The smallest absolute Gasteiger partial charge is 0.407 e. The fourth-order valence-electron chi connectivity index (χ4n) is 2.37. The van der Waals surface area contributed by atoms with Crippen LogP contribution in [0.3, 0.4) is 0 Å². The number of unbranched alkanes of at least 4 members (excludes halogenated alkanes) is 2. The molecule has 2 rings (SSSR count). The Kier molecular flexibility index (Phi) is 7.92. The van der Waals surface area contributed by atoms with Gasteiger partial charge in [0.1, 0.15) is 0 Å². The maximum atomic E-state index is 5.94. The van der Waals surface area contributed by atoms with Gasteiger partial charge in [-0.25, -0.2) is 0 Å². The Balaban J connectivity index is 2.04. The second-order valence-electron chi connectivity index (χ2n) is 5.77. The summed E-state index contributed by atoms with van der Waals surface area (Å²) >= 11 is 0. The van der Waals surface area contributed by atoms with E-state index in [1.807, 2.05) is 6.07 Å². The Morgan fingerprint density at radius 1 is 0.696 bits per heavy atom. The van der Waals surface area contributed by atoms with Gasteiger partial charge < -0.3 is 9.31 Å². The normalized spacial score (nSPS) is 10.7. The zero-order chi connectivity index (χ0) is 16.3. The van der Waals surface area contributed by atoms with E-state index in [4.69, 9.17) is 9.31 Å². The maximum Gasteiger partial charge on any atom is 0.493 e. The summed E-state index contributed by atoms with van der Waals surface area (Å²) in [6.45, 7) is 5.83. The van der Waals surface area contributed by atoms with Crippen LogP contribution >= 0.6 is 0 Å². The van der Waals surface area contributed by atoms with Gasteiger partial charge in [0, 0.05) is 13.2 Å². The summed E-state index contributed by atoms with van der Waals surface area (Å²) in [4.78, 5) is 0. The predicted octanol–water partition coefficient (Wildman–Crippen LogP) is 4.68. The molecule has 0 aromatic heterocycles. The van der Waals surface area contributed by atoms with Crippen LogP contribution < -0.4 is 5.46 Å². The molecule has 122 valence electrons. The molecule has 0 spiro atoms. The zero-order valence-electron chi connectivity index (χ0n) is 14.3. The number of benzene rings is 2. The molecule has 3 heteroatoms. The molecule has 2 nitrogen and oxygen atoms in total. The van der Waals surface area contributed by atoms with Gasteiger partial charge in [0.2, 0.25) is 0 Å². The van der Waals surface area contributed by atoms with Crippen molar-refractivity contribution in [2.75, 3.05) is 13.2 Å². The largest absolute Gasteiger partial charge is 0.493 e. The summed E-state index contributed by atoms with van der Waals surface area (Å²) in [7, 11) is -0.252. The van der Waals surface area contributed by atoms with Gasteiger partial charge >= 0.3 is 7.12 Å². The molecule has 0 fully saturated rings. The van der Waals surface area contributed by atoms with E-state index in [0.717, 1.165) is 44.4 Å². The van der Waals surface area contributed by atoms with Gasteiger partial charge in [-0.15, -0.1) is 0 Å². The molecule has 0 saturated heterocycles. The van der Waals surface area contributed by atoms with Crippen LogP contribution in [-0.4, -0.2) is 20.3 Å². The van der Waals surface area contributed by atoms with Crippen molar-refractivity contribution in [2.24, 2.45) is 0 Å². The molecule has 0 radical (unpaired) electrons. The third-order valence-electron chi connectivity index (χ3n) is 3.82. The lowest BCUT2D eigenvalue weighted by atomic mass is 9.78. The minimum Gasteiger partial charge on any atom is -0.407 e. The first-order valence-corrected chi connectivity index (χ1v) is 8.73. The molecule has 2 aromatic rings. The molecule has 0 aliphatic heterocycles. The number of rotatable bonds is 10. The van der Waals surface area contributed by atoms with E-state index in [2.05, 4.69) is 62.4 Å². The Morgan fingerprint density at radius 3 is 1.74 bits per heavy atom. The van der Waals surface area contributed by atoms with Crippen LogP contribution in [0.25, 0.3) is 11.1 Å². The van der Waals surface area contributed by atoms with Crippen LogP contribution in [0.15, 0.2) is 54.6 Å². The Morgan fingerprint density at radius 2 is 1.22 bits per heavy atom. The van der Waals surface area contributed by atoms with E-state index < -0.39 is 0 Å². The summed E-state index contributed by atoms with van der Waals surface area (Å²) in [5.41, 5.74) is 3.54. The SMILES string of the molecule is CCCCOB(OCCCC)c1ccc(-c2ccccc2)cc1. The fraction of sp³-hybridized carbons (Fsp3) is 0.400. The highest BCUT2D eigenvalue weighted by Crippen LogP contribution is 2.17. The summed E-state index contributed by atoms with van der Waals surface area (Å²) in [6, 6.07) is 18.9. The van der Waals surface area contributed by atoms with Crippen molar-refractivity contribution >= 4 is 12.6 Å². The van der Waals surface area contributed by atoms with Crippen LogP contribution in [0.4, 0.5) is 0 Å². The lowest BCUT2D eigenvalue weighted by Crippen LogP contribution is -2.37. The lowest BCUT2D eigenvalue weighted by Gasteiger charge is -2.15. The third kappa shape index (κ3) is 5.85. The summed E-state index contributed by atoms with van der Waals surface area (Å²) in [5.74, 6) is 0. The Hall–Kier alpha value is -1.58. The van der Waals surface area contributed by atoms with Crippen LogP contribution in [0, 0.1) is 0 Å². The Bertz CT molecular complexity index is 529. The molecule has 23 heavy (non-hydrogen) atoms. The summed E-state index contributed by atoms with van der Waals surface area (Å²) in [5, 5.41) is 0. The van der Waals surface area contributed by atoms with Crippen molar-refractivity contribution in [1.82, 2.24) is 0 Å². The second kappa shape index (κ2) is 10.2. The highest BCUT2D eigenvalue weighted by atomic mass is 16.6. The van der Waals surface area contributed by atoms with Gasteiger partial charge in [-0.1, -0.05) is 81.3 Å². The molecule has 0 N–H and O–H groups in total. The highest BCUT2D eigenvalue weighted by molar-refractivity contribution is 6.61. The first kappa shape index (κ1) is 17.8. The van der Waals surface area contributed by atoms with Crippen molar-refractivity contribution in [3.63, 3.8) is 0 Å². The molecule has 0 aliphatic carbocycles. The van der Waals surface area contributed by atoms with Crippen molar-refractivity contribution < 1.29 is 9.31 Å². The third-order valence-corrected chi connectivity index (χ3v) is 3.82. The molecule has 2 aromatic carbocycles. The van der Waals surface area contributed by atoms with E-state index in [-0.39, 0.29) is 7.12 Å². The van der Waals surface area contributed by atoms with Crippen LogP contribution in [0.1, 0.15) is 39.5 Å². The average Bonchev–Trinajstić information content (AvgIpc) is 2.62. The Labute approximate surface area is 141 Å². The van der Waals surface area contributed by atoms with Gasteiger partial charge in [-0.05, 0) is 29.4 Å². The molecular formula is C20H27BO2. The first-order valence-electron chi connectivity index (χ1n) is 8.73. The molecule has 0 atom stereocenters. The minimum atomic E-state index is -0.252. The molecular weight excluding hydrogens is 283 g/mol. The molecule has 0 amide bonds. The van der Waals surface area contributed by atoms with Crippen LogP contribution in [0.2, 0.25) is 0 Å². The minimum absolute atomic E-state index is 0.252. The number of hydrogen-bond acceptors (Lipinski definition) is 2. The van der Waals surface area contributed by atoms with E-state index in [1.165, 1.54) is 11.1 Å². The molecule has 0 saturated carbocycles. The van der Waals surface area contributed by atoms with Crippen molar-refractivity contribution in [1.29, 1.82) is 0 Å². The number of hydrogen-bond donors (Lipinski definition) is 0. The van der Waals surface area contributed by atoms with Crippen molar-refractivity contribution in [3.8, 4) is 11.1 Å². The standard InChI is InChI=1S/C20H27BO2/c1-3-5-16-22-21(23-17-6-4-2)20-14-12-19(13-15-20)18-10-8-7-9-11-18/h7-15H,3-6,16-17H2,1-2H3. The lowest BCUT2D eigenvalue weighted by molar-refractivity contribution is 0.202. The van der Waals surface area contributed by atoms with Crippen molar-refractivity contribution in [3.05, 3.63) is 54.6 Å². The maximum absolute atomic E-state index is 5.94. The molecule has 0 unspecified atom stereocenters. The molecule has 0 heterocycles. The van der Waals surface area contributed by atoms with E-state index in [0.29, 0.717) is 0 Å². The molecule has 0 aliphatic rings. The van der Waals surface area contributed by atoms with Crippen LogP contribution in [-0.2, 0) is 9.31 Å². The topological polar surface area (TPSA) is 18.5 Å². The van der Waals surface area contributed by atoms with Gasteiger partial charge in [-0.3, -0.25) is 0 Å². The van der Waals surface area contributed by atoms with Gasteiger partial charge in [0.05, 0.1) is 0 Å². The van der Waals surface area contributed by atoms with Gasteiger partial charge in [-0.2, -0.15) is 0 Å². The quantitative estimate of drug-likeness (QED) is 0.468. The predicted molar refractivity (Wildman–Crippen MR) is 99.0 cm³/mol. The van der Waals surface area contributed by atoms with E-state index in [9.17, 15) is 0 Å².